The van der Waals surface area contributed by atoms with E-state index >= 15 is 0 Å². The molecule has 2 aromatic rings. The fourth-order valence-corrected chi connectivity index (χ4v) is 3.55. The zero-order chi connectivity index (χ0) is 20.9. The molecule has 0 spiro atoms. The van der Waals surface area contributed by atoms with Gasteiger partial charge in [0, 0.05) is 38.1 Å². The van der Waals surface area contributed by atoms with E-state index in [1.54, 1.807) is 7.05 Å². The summed E-state index contributed by atoms with van der Waals surface area (Å²) < 4.78 is 5.85. The molecule has 0 amide bonds. The summed E-state index contributed by atoms with van der Waals surface area (Å²) in [5.74, 6) is 2.39. The van der Waals surface area contributed by atoms with Gasteiger partial charge in [-0.2, -0.15) is 0 Å². The molecule has 166 valence electrons. The van der Waals surface area contributed by atoms with E-state index in [0.717, 1.165) is 44.2 Å². The first-order valence-corrected chi connectivity index (χ1v) is 10.5. The highest BCUT2D eigenvalue weighted by atomic mass is 127. The molecule has 1 aliphatic rings. The SMILES string of the molecule is CN=C(NCc1ncc(C(C)(C)C)o1)NC1CCN(Cc2ccccc2C)CC1.I. The van der Waals surface area contributed by atoms with Crippen LogP contribution in [-0.4, -0.2) is 42.0 Å². The minimum absolute atomic E-state index is 0. The van der Waals surface area contributed by atoms with Gasteiger partial charge >= 0.3 is 0 Å². The van der Waals surface area contributed by atoms with Crippen LogP contribution < -0.4 is 10.6 Å². The van der Waals surface area contributed by atoms with E-state index < -0.39 is 0 Å². The molecular formula is C23H36IN5O. The molecule has 2 heterocycles. The summed E-state index contributed by atoms with van der Waals surface area (Å²) in [6.07, 6.45) is 4.04. The number of aromatic nitrogens is 1. The van der Waals surface area contributed by atoms with E-state index in [-0.39, 0.29) is 29.4 Å². The molecule has 30 heavy (non-hydrogen) atoms. The van der Waals surface area contributed by atoms with Gasteiger partial charge in [-0.15, -0.1) is 24.0 Å². The highest BCUT2D eigenvalue weighted by molar-refractivity contribution is 14.0. The lowest BCUT2D eigenvalue weighted by atomic mass is 9.94. The number of aliphatic imine (C=N–C) groups is 1. The van der Waals surface area contributed by atoms with Crippen molar-refractivity contribution in [3.05, 3.63) is 53.2 Å². The number of rotatable bonds is 5. The zero-order valence-corrected chi connectivity index (χ0v) is 21.2. The van der Waals surface area contributed by atoms with Crippen LogP contribution in [-0.2, 0) is 18.5 Å². The molecule has 0 atom stereocenters. The van der Waals surface area contributed by atoms with Crippen LogP contribution in [0.3, 0.4) is 0 Å². The summed E-state index contributed by atoms with van der Waals surface area (Å²) in [5.41, 5.74) is 2.77. The second-order valence-electron chi connectivity index (χ2n) is 8.92. The number of benzene rings is 1. The Morgan fingerprint density at radius 1 is 1.23 bits per heavy atom. The second kappa shape index (κ2) is 11.1. The van der Waals surface area contributed by atoms with Crippen molar-refractivity contribution in [1.82, 2.24) is 20.5 Å². The van der Waals surface area contributed by atoms with Crippen molar-refractivity contribution in [3.63, 3.8) is 0 Å². The fraction of sp³-hybridized carbons (Fsp3) is 0.565. The average Bonchev–Trinajstić information content (AvgIpc) is 3.18. The third-order valence-corrected chi connectivity index (χ3v) is 5.51. The van der Waals surface area contributed by atoms with Crippen LogP contribution in [0.15, 0.2) is 39.9 Å². The van der Waals surface area contributed by atoms with Crippen molar-refractivity contribution in [2.45, 2.75) is 65.1 Å². The number of aryl methyl sites for hydroxylation is 1. The molecule has 7 heteroatoms. The van der Waals surface area contributed by atoms with Crippen molar-refractivity contribution in [1.29, 1.82) is 0 Å². The molecule has 0 saturated carbocycles. The summed E-state index contributed by atoms with van der Waals surface area (Å²) in [7, 11) is 1.80. The van der Waals surface area contributed by atoms with Crippen LogP contribution in [0.2, 0.25) is 0 Å². The number of guanidine groups is 1. The number of piperidine rings is 1. The molecule has 1 aromatic heterocycles. The molecule has 3 rings (SSSR count). The van der Waals surface area contributed by atoms with Crippen molar-refractivity contribution >= 4 is 29.9 Å². The van der Waals surface area contributed by atoms with Crippen LogP contribution >= 0.6 is 24.0 Å². The van der Waals surface area contributed by atoms with Gasteiger partial charge in [-0.05, 0) is 30.9 Å². The number of nitrogens with one attached hydrogen (secondary N) is 2. The lowest BCUT2D eigenvalue weighted by molar-refractivity contribution is 0.198. The highest BCUT2D eigenvalue weighted by Crippen LogP contribution is 2.22. The number of oxazole rings is 1. The van der Waals surface area contributed by atoms with Crippen LogP contribution in [0.1, 0.15) is 56.4 Å². The van der Waals surface area contributed by atoms with Crippen molar-refractivity contribution in [2.75, 3.05) is 20.1 Å². The zero-order valence-electron chi connectivity index (χ0n) is 18.9. The molecule has 2 N–H and O–H groups in total. The third kappa shape index (κ3) is 6.97. The Hall–Kier alpha value is -1.61. The summed E-state index contributed by atoms with van der Waals surface area (Å²) >= 11 is 0. The van der Waals surface area contributed by atoms with Crippen molar-refractivity contribution < 1.29 is 4.42 Å². The van der Waals surface area contributed by atoms with Gasteiger partial charge in [0.05, 0.1) is 12.7 Å². The van der Waals surface area contributed by atoms with Crippen LogP contribution in [0.5, 0.6) is 0 Å². The first-order valence-electron chi connectivity index (χ1n) is 10.5. The Labute approximate surface area is 198 Å². The first-order chi connectivity index (χ1) is 13.8. The molecule has 1 fully saturated rings. The van der Waals surface area contributed by atoms with E-state index in [2.05, 4.69) is 77.5 Å². The summed E-state index contributed by atoms with van der Waals surface area (Å²) in [6, 6.07) is 9.10. The monoisotopic (exact) mass is 525 g/mol. The minimum atomic E-state index is -0.0303. The fourth-order valence-electron chi connectivity index (χ4n) is 3.55. The van der Waals surface area contributed by atoms with Gasteiger partial charge in [0.15, 0.2) is 5.96 Å². The maximum atomic E-state index is 5.85. The molecule has 1 aromatic carbocycles. The maximum Gasteiger partial charge on any atom is 0.213 e. The minimum Gasteiger partial charge on any atom is -0.443 e. The van der Waals surface area contributed by atoms with Crippen LogP contribution in [0, 0.1) is 6.92 Å². The van der Waals surface area contributed by atoms with E-state index in [0.29, 0.717) is 18.5 Å². The van der Waals surface area contributed by atoms with Crippen molar-refractivity contribution in [3.8, 4) is 0 Å². The Kier molecular flexibility index (Phi) is 9.15. The van der Waals surface area contributed by atoms with Gasteiger partial charge in [0.1, 0.15) is 5.76 Å². The number of hydrogen-bond acceptors (Lipinski definition) is 4. The number of halogens is 1. The Morgan fingerprint density at radius 3 is 2.53 bits per heavy atom. The molecule has 0 bridgehead atoms. The molecular weight excluding hydrogens is 489 g/mol. The van der Waals surface area contributed by atoms with Crippen LogP contribution in [0.4, 0.5) is 0 Å². The predicted molar refractivity (Wildman–Crippen MR) is 133 cm³/mol. The summed E-state index contributed by atoms with van der Waals surface area (Å²) in [6.45, 7) is 12.3. The quantitative estimate of drug-likeness (QED) is 0.348. The van der Waals surface area contributed by atoms with E-state index in [1.165, 1.54) is 11.1 Å². The van der Waals surface area contributed by atoms with Gasteiger partial charge in [0.25, 0.3) is 0 Å². The van der Waals surface area contributed by atoms with Gasteiger partial charge in [0.2, 0.25) is 5.89 Å². The second-order valence-corrected chi connectivity index (χ2v) is 8.92. The van der Waals surface area contributed by atoms with E-state index in [4.69, 9.17) is 4.42 Å². The Balaban J connectivity index is 0.00000320. The highest BCUT2D eigenvalue weighted by Gasteiger charge is 2.21. The first kappa shape index (κ1) is 24.7. The average molecular weight is 525 g/mol. The summed E-state index contributed by atoms with van der Waals surface area (Å²) in [5, 5.41) is 6.88. The molecule has 1 saturated heterocycles. The molecule has 0 unspecified atom stereocenters. The van der Waals surface area contributed by atoms with Crippen LogP contribution in [0.25, 0.3) is 0 Å². The lowest BCUT2D eigenvalue weighted by Gasteiger charge is -2.33. The summed E-state index contributed by atoms with van der Waals surface area (Å²) in [4.78, 5) is 11.3. The smallest absolute Gasteiger partial charge is 0.213 e. The van der Waals surface area contributed by atoms with E-state index in [1.807, 2.05) is 6.20 Å². The molecule has 0 aliphatic carbocycles. The van der Waals surface area contributed by atoms with Gasteiger partial charge in [-0.1, -0.05) is 45.0 Å². The third-order valence-electron chi connectivity index (χ3n) is 5.51. The molecule has 0 radical (unpaired) electrons. The van der Waals surface area contributed by atoms with E-state index in [9.17, 15) is 0 Å². The van der Waals surface area contributed by atoms with Gasteiger partial charge in [-0.25, -0.2) is 4.98 Å². The van der Waals surface area contributed by atoms with Crippen molar-refractivity contribution in [2.24, 2.45) is 4.99 Å². The topological polar surface area (TPSA) is 65.7 Å². The number of hydrogen-bond donors (Lipinski definition) is 2. The molecule has 6 nitrogen and oxygen atoms in total. The number of likely N-dealkylation sites (tertiary alicyclic amines) is 1. The lowest BCUT2D eigenvalue weighted by Crippen LogP contribution is -2.48. The normalized spacial score (nSPS) is 16.2. The molecule has 1 aliphatic heterocycles. The Bertz CT molecular complexity index is 819. The van der Waals surface area contributed by atoms with Gasteiger partial charge in [-0.3, -0.25) is 9.89 Å². The maximum absolute atomic E-state index is 5.85. The standard InChI is InChI=1S/C23H35N5O.HI/c1-17-8-6-7-9-18(17)16-28-12-10-19(11-13-28)27-22(24-5)26-15-21-25-14-20(29-21)23(2,3)4;/h6-9,14,19H,10-13,15-16H2,1-5H3,(H2,24,26,27);1H. The Morgan fingerprint density at radius 2 is 1.93 bits per heavy atom. The predicted octanol–water partition coefficient (Wildman–Crippen LogP) is 4.23. The van der Waals surface area contributed by atoms with Gasteiger partial charge < -0.3 is 15.1 Å². The number of nitrogens with zero attached hydrogens (tertiary/aromatic N) is 3. The largest absolute Gasteiger partial charge is 0.443 e.